The van der Waals surface area contributed by atoms with Crippen molar-refractivity contribution in [3.8, 4) is 0 Å². The summed E-state index contributed by atoms with van der Waals surface area (Å²) in [6.45, 7) is 2.72. The maximum absolute atomic E-state index is 9.92. The molecule has 0 aromatic heterocycles. The highest BCUT2D eigenvalue weighted by atomic mass is 16.4. The van der Waals surface area contributed by atoms with Gasteiger partial charge in [-0.15, -0.1) is 0 Å². The minimum atomic E-state index is -0.920. The van der Waals surface area contributed by atoms with Crippen molar-refractivity contribution in [2.24, 2.45) is 0 Å². The first-order chi connectivity index (χ1) is 4.77. The summed E-state index contributed by atoms with van der Waals surface area (Å²) in [6.07, 6.45) is 3.54. The Morgan fingerprint density at radius 3 is 2.60 bits per heavy atom. The number of carbonyl (C=O) groups is 1. The molecule has 3 heteroatoms. The van der Waals surface area contributed by atoms with Crippen LogP contribution in [0.25, 0.3) is 0 Å². The zero-order valence-corrected chi connectivity index (χ0v) is 6.39. The lowest BCUT2D eigenvalue weighted by atomic mass is 10.2. The maximum Gasteiger partial charge on any atom is 0.404 e. The average Bonchev–Trinajstić information content (AvgIpc) is 1.87. The van der Waals surface area contributed by atoms with Crippen LogP contribution in [0.3, 0.4) is 0 Å². The summed E-state index contributed by atoms with van der Waals surface area (Å²) in [7, 11) is 0. The lowest BCUT2D eigenvalue weighted by Crippen LogP contribution is -2.21. The number of hydrogen-bond donors (Lipinski definition) is 2. The zero-order valence-electron chi connectivity index (χ0n) is 6.39. The van der Waals surface area contributed by atoms with Crippen molar-refractivity contribution in [2.45, 2.75) is 32.6 Å². The molecule has 3 nitrogen and oxygen atoms in total. The highest BCUT2D eigenvalue weighted by Crippen LogP contribution is 1.96. The van der Waals surface area contributed by atoms with Gasteiger partial charge in [-0.2, -0.15) is 0 Å². The summed E-state index contributed by atoms with van der Waals surface area (Å²) in [5.41, 5.74) is 0. The Morgan fingerprint density at radius 2 is 2.10 bits per heavy atom. The molecular weight excluding hydrogens is 130 g/mol. The zero-order chi connectivity index (χ0) is 7.82. The molecule has 0 spiro atoms. The van der Waals surface area contributed by atoms with Gasteiger partial charge in [0, 0.05) is 6.54 Å². The molecular formula is C7H15NO2. The summed E-state index contributed by atoms with van der Waals surface area (Å²) in [6, 6.07) is 0. The second-order valence-corrected chi connectivity index (χ2v) is 2.29. The van der Waals surface area contributed by atoms with Crippen LogP contribution in [-0.4, -0.2) is 17.7 Å². The van der Waals surface area contributed by atoms with Gasteiger partial charge < -0.3 is 10.4 Å². The number of hydrogen-bond acceptors (Lipinski definition) is 1. The molecule has 60 valence electrons. The van der Waals surface area contributed by atoms with Crippen LogP contribution < -0.4 is 5.32 Å². The van der Waals surface area contributed by atoms with Crippen molar-refractivity contribution in [2.75, 3.05) is 6.54 Å². The molecule has 1 amide bonds. The van der Waals surface area contributed by atoms with Gasteiger partial charge in [-0.05, 0) is 6.42 Å². The molecule has 0 saturated carbocycles. The van der Waals surface area contributed by atoms with Gasteiger partial charge in [0.2, 0.25) is 0 Å². The highest BCUT2D eigenvalue weighted by Gasteiger charge is 1.91. The van der Waals surface area contributed by atoms with Crippen LogP contribution in [0.5, 0.6) is 0 Å². The molecule has 0 atom stereocenters. The molecule has 0 radical (unpaired) electrons. The van der Waals surface area contributed by atoms with Gasteiger partial charge in [-0.3, -0.25) is 0 Å². The third kappa shape index (κ3) is 7.27. The van der Waals surface area contributed by atoms with Crippen LogP contribution in [0.2, 0.25) is 0 Å². The van der Waals surface area contributed by atoms with E-state index in [1.807, 2.05) is 0 Å². The Morgan fingerprint density at radius 1 is 1.40 bits per heavy atom. The second kappa shape index (κ2) is 6.39. The van der Waals surface area contributed by atoms with Crippen LogP contribution >= 0.6 is 0 Å². The SMILES string of the molecule is CCCCCCNC(=O)O. The number of nitrogens with one attached hydrogen (secondary N) is 1. The molecule has 2 N–H and O–H groups in total. The quantitative estimate of drug-likeness (QED) is 0.580. The smallest absolute Gasteiger partial charge is 0.404 e. The largest absolute Gasteiger partial charge is 0.465 e. The number of amides is 1. The van der Waals surface area contributed by atoms with Gasteiger partial charge in [-0.25, -0.2) is 4.79 Å². The fraction of sp³-hybridized carbons (Fsp3) is 0.857. The number of carboxylic acid groups (broad SMARTS) is 1. The van der Waals surface area contributed by atoms with Crippen molar-refractivity contribution in [3.63, 3.8) is 0 Å². The van der Waals surface area contributed by atoms with E-state index in [-0.39, 0.29) is 0 Å². The fourth-order valence-electron chi connectivity index (χ4n) is 0.747. The molecule has 0 aromatic rings. The lowest BCUT2D eigenvalue weighted by molar-refractivity contribution is 0.194. The molecule has 0 bridgehead atoms. The van der Waals surface area contributed by atoms with Gasteiger partial charge in [0.25, 0.3) is 0 Å². The van der Waals surface area contributed by atoms with Gasteiger partial charge in [0.1, 0.15) is 0 Å². The maximum atomic E-state index is 9.92. The standard InChI is InChI=1S/C7H15NO2/c1-2-3-4-5-6-8-7(9)10/h8H,2-6H2,1H3,(H,9,10). The molecule has 10 heavy (non-hydrogen) atoms. The monoisotopic (exact) mass is 145 g/mol. The van der Waals surface area contributed by atoms with Crippen LogP contribution in [0.1, 0.15) is 32.6 Å². The molecule has 0 heterocycles. The van der Waals surface area contributed by atoms with Gasteiger partial charge >= 0.3 is 6.09 Å². The van der Waals surface area contributed by atoms with E-state index in [1.165, 1.54) is 12.8 Å². The van der Waals surface area contributed by atoms with Gasteiger partial charge in [0.05, 0.1) is 0 Å². The van der Waals surface area contributed by atoms with E-state index in [9.17, 15) is 4.79 Å². The van der Waals surface area contributed by atoms with Crippen molar-refractivity contribution in [3.05, 3.63) is 0 Å². The first-order valence-corrected chi connectivity index (χ1v) is 3.74. The molecule has 0 aliphatic carbocycles. The summed E-state index contributed by atoms with van der Waals surface area (Å²) in [5.74, 6) is 0. The normalized spacial score (nSPS) is 9.30. The van der Waals surface area contributed by atoms with E-state index < -0.39 is 6.09 Å². The molecule has 0 unspecified atom stereocenters. The molecule has 0 aliphatic rings. The predicted molar refractivity (Wildman–Crippen MR) is 40.2 cm³/mol. The van der Waals surface area contributed by atoms with Gasteiger partial charge in [-0.1, -0.05) is 26.2 Å². The van der Waals surface area contributed by atoms with Crippen molar-refractivity contribution >= 4 is 6.09 Å². The summed E-state index contributed by atoms with van der Waals surface area (Å²) >= 11 is 0. The second-order valence-electron chi connectivity index (χ2n) is 2.29. The molecule has 0 aromatic carbocycles. The van der Waals surface area contributed by atoms with Crippen LogP contribution in [0.15, 0.2) is 0 Å². The van der Waals surface area contributed by atoms with Crippen molar-refractivity contribution < 1.29 is 9.90 Å². The van der Waals surface area contributed by atoms with Crippen LogP contribution in [0.4, 0.5) is 4.79 Å². The average molecular weight is 145 g/mol. The minimum Gasteiger partial charge on any atom is -0.465 e. The molecule has 0 rings (SSSR count). The van der Waals surface area contributed by atoms with Crippen molar-refractivity contribution in [1.82, 2.24) is 5.32 Å². The van der Waals surface area contributed by atoms with Crippen LogP contribution in [-0.2, 0) is 0 Å². The third-order valence-electron chi connectivity index (χ3n) is 1.31. The molecule has 0 fully saturated rings. The Bertz CT molecular complexity index is 93.6. The van der Waals surface area contributed by atoms with E-state index in [0.717, 1.165) is 12.8 Å². The lowest BCUT2D eigenvalue weighted by Gasteiger charge is -1.98. The summed E-state index contributed by atoms with van der Waals surface area (Å²) < 4.78 is 0. The predicted octanol–water partition coefficient (Wildman–Crippen LogP) is 1.83. The molecule has 0 saturated heterocycles. The highest BCUT2D eigenvalue weighted by molar-refractivity contribution is 5.64. The van der Waals surface area contributed by atoms with E-state index >= 15 is 0 Å². The summed E-state index contributed by atoms with van der Waals surface area (Å²) in [4.78, 5) is 9.92. The number of rotatable bonds is 5. The van der Waals surface area contributed by atoms with Gasteiger partial charge in [0.15, 0.2) is 0 Å². The first-order valence-electron chi connectivity index (χ1n) is 3.74. The third-order valence-corrected chi connectivity index (χ3v) is 1.31. The Labute approximate surface area is 61.4 Å². The Kier molecular flexibility index (Phi) is 5.92. The van der Waals surface area contributed by atoms with E-state index in [4.69, 9.17) is 5.11 Å². The van der Waals surface area contributed by atoms with E-state index in [1.54, 1.807) is 0 Å². The Hall–Kier alpha value is -0.730. The van der Waals surface area contributed by atoms with E-state index in [2.05, 4.69) is 12.2 Å². The molecule has 0 aliphatic heterocycles. The van der Waals surface area contributed by atoms with E-state index in [0.29, 0.717) is 6.54 Å². The fourth-order valence-corrected chi connectivity index (χ4v) is 0.747. The first kappa shape index (κ1) is 9.27. The minimum absolute atomic E-state index is 0.593. The number of unbranched alkanes of at least 4 members (excludes halogenated alkanes) is 3. The van der Waals surface area contributed by atoms with Crippen LogP contribution in [0, 0.1) is 0 Å². The van der Waals surface area contributed by atoms with Crippen molar-refractivity contribution in [1.29, 1.82) is 0 Å². The topological polar surface area (TPSA) is 49.3 Å². The summed E-state index contributed by atoms with van der Waals surface area (Å²) in [5, 5.41) is 10.5. The Balaban J connectivity index is 2.84.